The highest BCUT2D eigenvalue weighted by Gasteiger charge is 2.32. The van der Waals surface area contributed by atoms with Gasteiger partial charge in [0, 0.05) is 34.3 Å². The number of ether oxygens (including phenoxy) is 1. The number of carbonyl (C=O) groups is 1. The third kappa shape index (κ3) is 3.39. The molecule has 30 heavy (non-hydrogen) atoms. The fourth-order valence-electron chi connectivity index (χ4n) is 3.66. The summed E-state index contributed by atoms with van der Waals surface area (Å²) in [6, 6.07) is 15.8. The number of methoxy groups -OCH3 is 1. The highest BCUT2D eigenvalue weighted by Crippen LogP contribution is 2.43. The lowest BCUT2D eigenvalue weighted by molar-refractivity contribution is 0.0994. The van der Waals surface area contributed by atoms with Gasteiger partial charge in [-0.15, -0.1) is 10.2 Å². The van der Waals surface area contributed by atoms with Crippen LogP contribution in [-0.4, -0.2) is 37.9 Å². The summed E-state index contributed by atoms with van der Waals surface area (Å²) in [6.07, 6.45) is 4.22. The fourth-order valence-corrected chi connectivity index (χ4v) is 4.66. The number of nitrogens with zero attached hydrogens (tertiary/aromatic N) is 3. The predicted octanol–water partition coefficient (Wildman–Crippen LogP) is 5.13. The normalized spacial score (nSPS) is 14.7. The molecule has 152 valence electrons. The third-order valence-electron chi connectivity index (χ3n) is 5.43. The van der Waals surface area contributed by atoms with Gasteiger partial charge < -0.3 is 9.72 Å². The van der Waals surface area contributed by atoms with Crippen LogP contribution in [0.1, 0.15) is 36.2 Å². The molecule has 4 aromatic rings. The number of hydrogen-bond acceptors (Lipinski definition) is 5. The fraction of sp³-hybridized carbons (Fsp3) is 0.261. The number of ketones is 1. The number of para-hydroxylation sites is 1. The summed E-state index contributed by atoms with van der Waals surface area (Å²) >= 11 is 1.47. The Bertz CT molecular complexity index is 1210. The zero-order chi connectivity index (χ0) is 20.7. The Hall–Kier alpha value is -3.06. The Balaban J connectivity index is 1.44. The molecule has 0 aliphatic heterocycles. The number of aromatic nitrogens is 4. The molecule has 0 bridgehead atoms. The Labute approximate surface area is 178 Å². The number of rotatable bonds is 7. The Morgan fingerprint density at radius 3 is 2.67 bits per heavy atom. The molecule has 1 fully saturated rings. The lowest BCUT2D eigenvalue weighted by Crippen LogP contribution is -2.14. The smallest absolute Gasteiger partial charge is 0.192 e. The molecule has 1 saturated carbocycles. The highest BCUT2D eigenvalue weighted by atomic mass is 32.2. The molecule has 6 nitrogen and oxygen atoms in total. The van der Waals surface area contributed by atoms with E-state index in [1.165, 1.54) is 11.8 Å². The minimum atomic E-state index is -0.268. The second-order valence-corrected chi connectivity index (χ2v) is 8.82. The number of carbonyl (C=O) groups excluding carboxylic acids is 1. The number of hydrogen-bond donors (Lipinski definition) is 1. The van der Waals surface area contributed by atoms with Crippen molar-refractivity contribution in [1.82, 2.24) is 19.7 Å². The molecule has 0 unspecified atom stereocenters. The summed E-state index contributed by atoms with van der Waals surface area (Å²) < 4.78 is 7.39. The largest absolute Gasteiger partial charge is 0.497 e. The zero-order valence-corrected chi connectivity index (χ0v) is 17.6. The quantitative estimate of drug-likeness (QED) is 0.333. The van der Waals surface area contributed by atoms with Gasteiger partial charge in [-0.3, -0.25) is 9.36 Å². The molecule has 0 amide bonds. The molecule has 2 heterocycles. The van der Waals surface area contributed by atoms with Gasteiger partial charge >= 0.3 is 0 Å². The van der Waals surface area contributed by atoms with Crippen molar-refractivity contribution in [3.05, 3.63) is 60.3 Å². The SMILES string of the molecule is COc1ccc(C(=O)[C@H](C)Sc2nnc(-c3c[nH]c4ccccc34)n2C2CC2)cc1. The van der Waals surface area contributed by atoms with Crippen LogP contribution in [0.5, 0.6) is 5.75 Å². The number of nitrogens with one attached hydrogen (secondary N) is 1. The molecule has 2 aromatic heterocycles. The summed E-state index contributed by atoms with van der Waals surface area (Å²) in [5, 5.41) is 10.7. The van der Waals surface area contributed by atoms with Gasteiger partial charge in [-0.1, -0.05) is 30.0 Å². The van der Waals surface area contributed by atoms with Crippen LogP contribution < -0.4 is 4.74 Å². The molecule has 0 spiro atoms. The lowest BCUT2D eigenvalue weighted by atomic mass is 10.1. The Morgan fingerprint density at radius 2 is 1.93 bits per heavy atom. The van der Waals surface area contributed by atoms with E-state index in [1.807, 2.05) is 37.4 Å². The van der Waals surface area contributed by atoms with Crippen molar-refractivity contribution < 1.29 is 9.53 Å². The van der Waals surface area contributed by atoms with Gasteiger partial charge in [0.1, 0.15) is 5.75 Å². The summed E-state index contributed by atoms with van der Waals surface area (Å²) in [5.41, 5.74) is 2.80. The zero-order valence-electron chi connectivity index (χ0n) is 16.8. The third-order valence-corrected chi connectivity index (χ3v) is 6.49. The molecule has 1 aliphatic carbocycles. The summed E-state index contributed by atoms with van der Waals surface area (Å²) in [7, 11) is 1.62. The molecule has 1 atom stereocenters. The average Bonchev–Trinajstić information content (AvgIpc) is 3.40. The van der Waals surface area contributed by atoms with Crippen LogP contribution in [0.3, 0.4) is 0 Å². The van der Waals surface area contributed by atoms with E-state index in [2.05, 4.69) is 31.9 Å². The van der Waals surface area contributed by atoms with Gasteiger partial charge in [-0.2, -0.15) is 0 Å². The molecule has 0 saturated heterocycles. The van der Waals surface area contributed by atoms with Crippen molar-refractivity contribution in [3.8, 4) is 17.1 Å². The maximum absolute atomic E-state index is 12.9. The molecule has 5 rings (SSSR count). The average molecular weight is 419 g/mol. The van der Waals surface area contributed by atoms with Crippen LogP contribution in [0, 0.1) is 0 Å². The minimum Gasteiger partial charge on any atom is -0.497 e. The van der Waals surface area contributed by atoms with Gasteiger partial charge in [0.2, 0.25) is 0 Å². The highest BCUT2D eigenvalue weighted by molar-refractivity contribution is 8.00. The summed E-state index contributed by atoms with van der Waals surface area (Å²) in [6.45, 7) is 1.93. The van der Waals surface area contributed by atoms with E-state index in [9.17, 15) is 4.79 Å². The van der Waals surface area contributed by atoms with Gasteiger partial charge in [-0.25, -0.2) is 0 Å². The van der Waals surface area contributed by atoms with Crippen molar-refractivity contribution >= 4 is 28.4 Å². The maximum Gasteiger partial charge on any atom is 0.192 e. The van der Waals surface area contributed by atoms with Crippen LogP contribution in [-0.2, 0) is 0 Å². The van der Waals surface area contributed by atoms with Crippen molar-refractivity contribution in [3.63, 3.8) is 0 Å². The van der Waals surface area contributed by atoms with E-state index in [-0.39, 0.29) is 11.0 Å². The van der Waals surface area contributed by atoms with E-state index < -0.39 is 0 Å². The molecule has 1 N–H and O–H groups in total. The summed E-state index contributed by atoms with van der Waals surface area (Å²) in [4.78, 5) is 16.3. The van der Waals surface area contributed by atoms with Crippen LogP contribution in [0.4, 0.5) is 0 Å². The van der Waals surface area contributed by atoms with Crippen LogP contribution in [0.15, 0.2) is 59.9 Å². The van der Waals surface area contributed by atoms with Gasteiger partial charge in [-0.05, 0) is 50.1 Å². The number of benzene rings is 2. The first kappa shape index (κ1) is 18.9. The lowest BCUT2D eigenvalue weighted by Gasteiger charge is -2.12. The molecule has 1 aliphatic rings. The van der Waals surface area contributed by atoms with Crippen LogP contribution in [0.25, 0.3) is 22.3 Å². The molecular weight excluding hydrogens is 396 g/mol. The first-order valence-electron chi connectivity index (χ1n) is 10.0. The van der Waals surface area contributed by atoms with Crippen molar-refractivity contribution in [2.24, 2.45) is 0 Å². The minimum absolute atomic E-state index is 0.0710. The van der Waals surface area contributed by atoms with E-state index in [1.54, 1.807) is 19.2 Å². The van der Waals surface area contributed by atoms with Gasteiger partial charge in [0.05, 0.1) is 12.4 Å². The van der Waals surface area contributed by atoms with Gasteiger partial charge in [0.15, 0.2) is 16.8 Å². The number of fused-ring (bicyclic) bond motifs is 1. The molecule has 2 aromatic carbocycles. The van der Waals surface area contributed by atoms with E-state index in [4.69, 9.17) is 4.74 Å². The second kappa shape index (κ2) is 7.65. The monoisotopic (exact) mass is 418 g/mol. The van der Waals surface area contributed by atoms with E-state index >= 15 is 0 Å². The summed E-state index contributed by atoms with van der Waals surface area (Å²) in [5.74, 6) is 1.67. The molecular formula is C23H22N4O2S. The number of H-pyrrole nitrogens is 1. The molecule has 0 radical (unpaired) electrons. The first-order valence-corrected chi connectivity index (χ1v) is 10.9. The van der Waals surface area contributed by atoms with Crippen LogP contribution >= 0.6 is 11.8 Å². The van der Waals surface area contributed by atoms with Crippen LogP contribution in [0.2, 0.25) is 0 Å². The van der Waals surface area contributed by atoms with E-state index in [0.717, 1.165) is 46.0 Å². The van der Waals surface area contributed by atoms with Crippen molar-refractivity contribution in [2.45, 2.75) is 36.2 Å². The van der Waals surface area contributed by atoms with Gasteiger partial charge in [0.25, 0.3) is 0 Å². The number of Topliss-reactive ketones (excluding diaryl/α,β-unsaturated/α-hetero) is 1. The number of aromatic amines is 1. The number of thioether (sulfide) groups is 1. The molecule has 7 heteroatoms. The standard InChI is InChI=1S/C23H22N4O2S/c1-14(21(28)15-7-11-17(29-2)12-8-15)30-23-26-25-22(27(23)16-9-10-16)19-13-24-20-6-4-3-5-18(19)20/h3-8,11-14,16,24H,9-10H2,1-2H3/t14-/m0/s1. The Kier molecular flexibility index (Phi) is 4.83. The second-order valence-electron chi connectivity index (χ2n) is 7.51. The Morgan fingerprint density at radius 1 is 1.17 bits per heavy atom. The topological polar surface area (TPSA) is 72.8 Å². The maximum atomic E-state index is 12.9. The first-order chi connectivity index (χ1) is 14.7. The van der Waals surface area contributed by atoms with Crippen molar-refractivity contribution in [2.75, 3.05) is 7.11 Å². The predicted molar refractivity (Wildman–Crippen MR) is 118 cm³/mol. The van der Waals surface area contributed by atoms with E-state index in [0.29, 0.717) is 11.6 Å². The van der Waals surface area contributed by atoms with Crippen molar-refractivity contribution in [1.29, 1.82) is 0 Å².